The van der Waals surface area contributed by atoms with Crippen LogP contribution in [-0.4, -0.2) is 51.6 Å². The zero-order chi connectivity index (χ0) is 15.8. The fourth-order valence-corrected chi connectivity index (χ4v) is 4.65. The Morgan fingerprint density at radius 2 is 1.52 bits per heavy atom. The summed E-state index contributed by atoms with van der Waals surface area (Å²) in [6.07, 6.45) is 0. The maximum Gasteiger partial charge on any atom is 0.276 e. The molecule has 0 radical (unpaired) electrons. The van der Waals surface area contributed by atoms with Gasteiger partial charge in [0.1, 0.15) is 4.90 Å². The van der Waals surface area contributed by atoms with E-state index in [0.717, 1.165) is 4.31 Å². The maximum absolute atomic E-state index is 12.5. The number of benzene rings is 1. The fraction of sp³-hybridized carbons (Fsp3) is 0.400. The van der Waals surface area contributed by atoms with Crippen LogP contribution >= 0.6 is 11.6 Å². The second kappa shape index (κ2) is 5.71. The topological polar surface area (TPSA) is 127 Å². The predicted molar refractivity (Wildman–Crippen MR) is 79.3 cm³/mol. The van der Waals surface area contributed by atoms with Crippen LogP contribution in [0.2, 0.25) is 5.02 Å². The summed E-state index contributed by atoms with van der Waals surface area (Å²) < 4.78 is 49.6. The lowest BCUT2D eigenvalue weighted by atomic mass is 10.3. The van der Waals surface area contributed by atoms with Crippen LogP contribution in [0.15, 0.2) is 23.1 Å². The number of piperazine rings is 1. The van der Waals surface area contributed by atoms with E-state index in [1.807, 2.05) is 0 Å². The molecule has 0 aromatic heterocycles. The van der Waals surface area contributed by atoms with Crippen LogP contribution in [0.25, 0.3) is 0 Å². The van der Waals surface area contributed by atoms with Gasteiger partial charge in [-0.1, -0.05) is 11.6 Å². The van der Waals surface area contributed by atoms with E-state index >= 15 is 0 Å². The molecule has 4 N–H and O–H groups in total. The van der Waals surface area contributed by atoms with E-state index < -0.39 is 20.2 Å². The summed E-state index contributed by atoms with van der Waals surface area (Å²) in [5.41, 5.74) is 5.89. The molecule has 0 amide bonds. The summed E-state index contributed by atoms with van der Waals surface area (Å²) >= 11 is 5.92. The molecule has 1 aromatic carbocycles. The molecule has 8 nitrogen and oxygen atoms in total. The zero-order valence-corrected chi connectivity index (χ0v) is 13.3. The second-order valence-corrected chi connectivity index (χ2v) is 8.40. The Kier molecular flexibility index (Phi) is 4.47. The molecular formula is C10H15ClN4O4S2. The highest BCUT2D eigenvalue weighted by Crippen LogP contribution is 2.27. The smallest absolute Gasteiger partial charge is 0.276 e. The van der Waals surface area contributed by atoms with Crippen LogP contribution in [0.3, 0.4) is 0 Å². The molecule has 1 fully saturated rings. The molecule has 11 heteroatoms. The molecule has 0 atom stereocenters. The van der Waals surface area contributed by atoms with Crippen molar-refractivity contribution in [1.82, 2.24) is 8.61 Å². The minimum atomic E-state index is -3.80. The molecule has 21 heavy (non-hydrogen) atoms. The number of hydrogen-bond donors (Lipinski definition) is 2. The zero-order valence-electron chi connectivity index (χ0n) is 10.9. The van der Waals surface area contributed by atoms with Crippen molar-refractivity contribution >= 4 is 37.5 Å². The lowest BCUT2D eigenvalue weighted by molar-refractivity contribution is 0.273. The van der Waals surface area contributed by atoms with Crippen molar-refractivity contribution in [3.05, 3.63) is 23.2 Å². The van der Waals surface area contributed by atoms with Gasteiger partial charge in [0, 0.05) is 31.9 Å². The van der Waals surface area contributed by atoms with Crippen molar-refractivity contribution in [2.45, 2.75) is 4.90 Å². The third kappa shape index (κ3) is 3.47. The number of rotatable bonds is 3. The molecule has 0 bridgehead atoms. The Labute approximate surface area is 128 Å². The van der Waals surface area contributed by atoms with Crippen LogP contribution in [0, 0.1) is 0 Å². The third-order valence-corrected chi connectivity index (χ3v) is 6.60. The summed E-state index contributed by atoms with van der Waals surface area (Å²) in [5.74, 6) is 0. The molecule has 0 spiro atoms. The van der Waals surface area contributed by atoms with E-state index in [1.165, 1.54) is 22.5 Å². The molecule has 1 heterocycles. The first-order valence-corrected chi connectivity index (χ1v) is 9.27. The molecular weight excluding hydrogens is 340 g/mol. The number of halogens is 1. The predicted octanol–water partition coefficient (Wildman–Crippen LogP) is -0.568. The summed E-state index contributed by atoms with van der Waals surface area (Å²) in [5, 5.41) is 5.04. The van der Waals surface area contributed by atoms with Gasteiger partial charge in [0.25, 0.3) is 10.2 Å². The second-order valence-electron chi connectivity index (χ2n) is 4.54. The highest BCUT2D eigenvalue weighted by atomic mass is 35.5. The lowest BCUT2D eigenvalue weighted by Crippen LogP contribution is -2.52. The van der Waals surface area contributed by atoms with Gasteiger partial charge in [-0.15, -0.1) is 0 Å². The quantitative estimate of drug-likeness (QED) is 0.703. The Hall–Kier alpha value is -0.910. The molecule has 118 valence electrons. The minimum absolute atomic E-state index is 0.00462. The fourth-order valence-electron chi connectivity index (χ4n) is 2.03. The monoisotopic (exact) mass is 354 g/mol. The van der Waals surface area contributed by atoms with Gasteiger partial charge in [-0.25, -0.2) is 13.6 Å². The lowest BCUT2D eigenvalue weighted by Gasteiger charge is -2.32. The molecule has 1 aliphatic rings. The number of sulfonamides is 1. The average molecular weight is 355 g/mol. The molecule has 1 saturated heterocycles. The number of nitrogens with two attached hydrogens (primary N) is 2. The minimum Gasteiger partial charge on any atom is -0.399 e. The summed E-state index contributed by atoms with van der Waals surface area (Å²) in [6, 6.07) is 4.13. The number of nitrogen functional groups attached to an aromatic ring is 1. The van der Waals surface area contributed by atoms with Gasteiger partial charge >= 0.3 is 0 Å². The molecule has 1 aromatic rings. The van der Waals surface area contributed by atoms with E-state index in [4.69, 9.17) is 22.5 Å². The Bertz CT molecular complexity index is 742. The SMILES string of the molecule is Nc1ccc(S(=O)(=O)N2CCN(S(N)(=O)=O)CC2)c(Cl)c1. The normalized spacial score (nSPS) is 18.8. The Morgan fingerprint density at radius 3 is 2.00 bits per heavy atom. The standard InChI is InChI=1S/C10H15ClN4O4S2/c11-9-7-8(12)1-2-10(9)20(16,17)14-3-5-15(6-4-14)21(13,18)19/h1-2,7H,3-6,12H2,(H2,13,18,19). The Balaban J connectivity index is 2.23. The number of anilines is 1. The van der Waals surface area contributed by atoms with Crippen molar-refractivity contribution in [1.29, 1.82) is 0 Å². The maximum atomic E-state index is 12.5. The Morgan fingerprint density at radius 1 is 1.00 bits per heavy atom. The van der Waals surface area contributed by atoms with Crippen molar-refractivity contribution in [3.63, 3.8) is 0 Å². The summed E-state index contributed by atoms with van der Waals surface area (Å²) in [6.45, 7) is 0.0360. The van der Waals surface area contributed by atoms with Gasteiger partial charge < -0.3 is 5.73 Å². The van der Waals surface area contributed by atoms with Crippen molar-refractivity contribution in [3.8, 4) is 0 Å². The first kappa shape index (κ1) is 16.5. The molecule has 2 rings (SSSR count). The van der Waals surface area contributed by atoms with Crippen molar-refractivity contribution in [2.24, 2.45) is 5.14 Å². The molecule has 0 saturated carbocycles. The van der Waals surface area contributed by atoms with Crippen molar-refractivity contribution < 1.29 is 16.8 Å². The number of hydrogen-bond acceptors (Lipinski definition) is 5. The number of nitrogens with zero attached hydrogens (tertiary/aromatic N) is 2. The highest BCUT2D eigenvalue weighted by Gasteiger charge is 2.32. The van der Waals surface area contributed by atoms with Crippen LogP contribution < -0.4 is 10.9 Å². The van der Waals surface area contributed by atoms with Gasteiger partial charge in [0.2, 0.25) is 10.0 Å². The van der Waals surface area contributed by atoms with Crippen LogP contribution in [0.1, 0.15) is 0 Å². The van der Waals surface area contributed by atoms with E-state index in [2.05, 4.69) is 0 Å². The molecule has 0 aliphatic carbocycles. The van der Waals surface area contributed by atoms with Crippen LogP contribution in [0.5, 0.6) is 0 Å². The van der Waals surface area contributed by atoms with E-state index in [9.17, 15) is 16.8 Å². The van der Waals surface area contributed by atoms with Gasteiger partial charge in [-0.3, -0.25) is 0 Å². The van der Waals surface area contributed by atoms with Gasteiger partial charge in [0.15, 0.2) is 0 Å². The van der Waals surface area contributed by atoms with Gasteiger partial charge in [-0.2, -0.15) is 17.0 Å². The molecule has 1 aliphatic heterocycles. The van der Waals surface area contributed by atoms with Crippen LogP contribution in [0.4, 0.5) is 5.69 Å². The van der Waals surface area contributed by atoms with E-state index in [1.54, 1.807) is 0 Å². The third-order valence-electron chi connectivity index (χ3n) is 3.13. The first-order valence-electron chi connectivity index (χ1n) is 5.95. The van der Waals surface area contributed by atoms with E-state index in [0.29, 0.717) is 5.69 Å². The van der Waals surface area contributed by atoms with E-state index in [-0.39, 0.29) is 36.1 Å². The largest absolute Gasteiger partial charge is 0.399 e. The average Bonchev–Trinajstić information content (AvgIpc) is 2.37. The summed E-state index contributed by atoms with van der Waals surface area (Å²) in [4.78, 5) is -0.0533. The summed E-state index contributed by atoms with van der Waals surface area (Å²) in [7, 11) is -7.60. The van der Waals surface area contributed by atoms with Crippen LogP contribution in [-0.2, 0) is 20.2 Å². The van der Waals surface area contributed by atoms with Crippen molar-refractivity contribution in [2.75, 3.05) is 31.9 Å². The first-order chi connectivity index (χ1) is 9.62. The highest BCUT2D eigenvalue weighted by molar-refractivity contribution is 7.89. The molecule has 0 unspecified atom stereocenters. The van der Waals surface area contributed by atoms with Gasteiger partial charge in [-0.05, 0) is 18.2 Å². The van der Waals surface area contributed by atoms with Gasteiger partial charge in [0.05, 0.1) is 5.02 Å².